The van der Waals surface area contributed by atoms with Gasteiger partial charge in [-0.15, -0.1) is 0 Å². The van der Waals surface area contributed by atoms with Crippen molar-refractivity contribution in [1.82, 2.24) is 19.4 Å². The average Bonchev–Trinajstić information content (AvgIpc) is 3.88. The lowest BCUT2D eigenvalue weighted by atomic mass is 9.68. The van der Waals surface area contributed by atoms with Gasteiger partial charge in [-0.1, -0.05) is 55.7 Å². The molecule has 0 aromatic heterocycles. The van der Waals surface area contributed by atoms with Crippen molar-refractivity contribution in [1.29, 1.82) is 0 Å². The summed E-state index contributed by atoms with van der Waals surface area (Å²) in [5.74, 6) is 0.992. The molecule has 3 aromatic rings. The number of rotatable bonds is 20. The number of nitrogens with one attached hydrogen (secondary N) is 2. The van der Waals surface area contributed by atoms with Crippen LogP contribution >= 0.6 is 0 Å². The Morgan fingerprint density at radius 2 is 1.71 bits per heavy atom. The number of para-hydroxylation sites is 2. The molecule has 1 spiro atoms. The highest BCUT2D eigenvalue weighted by Crippen LogP contribution is 2.63. The number of allylic oxidation sites excluding steroid dienone is 3. The van der Waals surface area contributed by atoms with Crippen molar-refractivity contribution in [3.05, 3.63) is 96.6 Å². The number of piperazine rings is 1. The van der Waals surface area contributed by atoms with E-state index in [1.807, 2.05) is 80.6 Å². The van der Waals surface area contributed by atoms with Gasteiger partial charge in [0.25, 0.3) is 5.91 Å². The smallest absolute Gasteiger partial charge is 0.412 e. The van der Waals surface area contributed by atoms with Crippen LogP contribution in [0.2, 0.25) is 0 Å². The van der Waals surface area contributed by atoms with Crippen molar-refractivity contribution in [2.75, 3.05) is 76.4 Å². The molecule has 3 aliphatic carbocycles. The number of hydrogen-bond acceptors (Lipinski definition) is 12. The molecule has 3 aliphatic heterocycles. The summed E-state index contributed by atoms with van der Waals surface area (Å²) >= 11 is 0. The number of aryl methyl sites for hydroxylation is 1. The molecular weight excluding hydrogens is 911 g/mol. The lowest BCUT2D eigenvalue weighted by Gasteiger charge is -2.58. The highest BCUT2D eigenvalue weighted by Gasteiger charge is 2.66. The molecule has 6 unspecified atom stereocenters. The second-order valence-electron chi connectivity index (χ2n) is 19.3. The van der Waals surface area contributed by atoms with Gasteiger partial charge in [0.2, 0.25) is 15.9 Å². The predicted octanol–water partition coefficient (Wildman–Crippen LogP) is 6.95. The number of nitrogens with zero attached hydrogens (tertiary/aromatic N) is 5. The molecule has 16 nitrogen and oxygen atoms in total. The van der Waals surface area contributed by atoms with Crippen molar-refractivity contribution >= 4 is 45.0 Å². The van der Waals surface area contributed by atoms with Gasteiger partial charge in [0.05, 0.1) is 41.6 Å². The maximum absolute atomic E-state index is 14.0. The molecule has 6 aliphatic rings. The third-order valence-electron chi connectivity index (χ3n) is 15.0. The highest BCUT2D eigenvalue weighted by molar-refractivity contribution is 7.89. The molecule has 374 valence electrons. The quantitative estimate of drug-likeness (QED) is 0.112. The molecular formula is C53H67N7O9S. The number of fused-ring (bicyclic) bond motifs is 1. The van der Waals surface area contributed by atoms with E-state index in [4.69, 9.17) is 23.9 Å². The van der Waals surface area contributed by atoms with Crippen LogP contribution in [0.25, 0.3) is 0 Å². The van der Waals surface area contributed by atoms with E-state index in [1.54, 1.807) is 29.0 Å². The van der Waals surface area contributed by atoms with Crippen molar-refractivity contribution in [3.8, 4) is 17.2 Å². The van der Waals surface area contributed by atoms with Gasteiger partial charge in [-0.05, 0) is 113 Å². The number of unbranched alkanes of at least 4 members (excludes halogenated alkanes) is 3. The third-order valence-corrected chi connectivity index (χ3v) is 16.5. The summed E-state index contributed by atoms with van der Waals surface area (Å²) in [5.41, 5.74) is 3.32. The molecule has 3 amide bonds. The monoisotopic (exact) mass is 977 g/mol. The lowest BCUT2D eigenvalue weighted by Crippen LogP contribution is -2.66. The van der Waals surface area contributed by atoms with E-state index < -0.39 is 28.2 Å². The Hall–Kier alpha value is -5.75. The summed E-state index contributed by atoms with van der Waals surface area (Å²) in [6, 6.07) is 20.4. The number of aliphatic imine (C=N–C) groups is 1. The summed E-state index contributed by atoms with van der Waals surface area (Å²) in [6.07, 6.45) is 15.6. The van der Waals surface area contributed by atoms with E-state index in [9.17, 15) is 22.8 Å². The predicted molar refractivity (Wildman–Crippen MR) is 268 cm³/mol. The zero-order valence-corrected chi connectivity index (χ0v) is 41.4. The van der Waals surface area contributed by atoms with Gasteiger partial charge in [0.15, 0.2) is 6.61 Å². The Kier molecular flexibility index (Phi) is 15.3. The maximum atomic E-state index is 14.0. The van der Waals surface area contributed by atoms with E-state index in [0.717, 1.165) is 56.3 Å². The number of amides is 3. The summed E-state index contributed by atoms with van der Waals surface area (Å²) < 4.78 is 52.2. The SMILES string of the molecule is CCOc1ccccc1N1C(=O)C2C=CC=CC2=NC1CN1CCN(C(=O)COc2ccc(S(=O)(=O)NCCCCCCN3C4CCCC45CC(OC(=O)Nc4cc(C)ccc4OC)CC35)cc2)CC1. The molecule has 2 saturated heterocycles. The fourth-order valence-electron chi connectivity index (χ4n) is 11.7. The number of methoxy groups -OCH3 is 1. The second kappa shape index (κ2) is 21.7. The fraction of sp³-hybridized carbons (Fsp3) is 0.509. The van der Waals surface area contributed by atoms with E-state index in [1.165, 1.54) is 31.4 Å². The van der Waals surface area contributed by atoms with E-state index in [2.05, 4.69) is 19.8 Å². The standard InChI is InChI=1S/C53H67N7O9S/c1-4-67-46-17-10-9-16-44(46)60-49(55-42-15-8-7-14-41(42)51(60)62)35-57-28-30-58(31-29-57)50(61)36-68-38-20-22-40(23-21-38)70(64,65)54-26-11-5-6-12-27-59-47-18-13-25-53(47)34-39(33-48(53)59)69-52(63)56-43-32-37(2)19-24-45(43)66-3/h7-10,14-17,19-24,32,39,41,47-49,54H,4-6,11-13,18,25-31,33-36H2,1-3H3,(H,56,63). The topological polar surface area (TPSA) is 172 Å². The van der Waals surface area contributed by atoms with Crippen molar-refractivity contribution < 1.29 is 41.7 Å². The third kappa shape index (κ3) is 10.6. The number of benzene rings is 3. The number of hydrogen-bond donors (Lipinski definition) is 2. The Morgan fingerprint density at radius 3 is 2.51 bits per heavy atom. The van der Waals surface area contributed by atoms with Gasteiger partial charge in [-0.25, -0.2) is 17.9 Å². The first-order valence-electron chi connectivity index (χ1n) is 25.0. The van der Waals surface area contributed by atoms with Crippen molar-refractivity contribution in [3.63, 3.8) is 0 Å². The van der Waals surface area contributed by atoms with Crippen molar-refractivity contribution in [2.45, 2.75) is 101 Å². The normalized spacial score (nSPS) is 25.1. The number of carbonyl (C=O) groups is 3. The summed E-state index contributed by atoms with van der Waals surface area (Å²) in [7, 11) is -2.13. The van der Waals surface area contributed by atoms with Gasteiger partial charge in [0, 0.05) is 63.2 Å². The molecule has 3 aromatic carbocycles. The molecule has 9 rings (SSSR count). The minimum absolute atomic E-state index is 0.0476. The van der Waals surface area contributed by atoms with Crippen LogP contribution in [0.1, 0.15) is 70.3 Å². The second-order valence-corrected chi connectivity index (χ2v) is 21.1. The Morgan fingerprint density at radius 1 is 0.914 bits per heavy atom. The van der Waals surface area contributed by atoms with Crippen LogP contribution in [0.4, 0.5) is 16.2 Å². The van der Waals surface area contributed by atoms with Gasteiger partial charge in [-0.3, -0.25) is 34.6 Å². The van der Waals surface area contributed by atoms with Gasteiger partial charge in [0.1, 0.15) is 29.5 Å². The van der Waals surface area contributed by atoms with Crippen molar-refractivity contribution in [2.24, 2.45) is 16.3 Å². The summed E-state index contributed by atoms with van der Waals surface area (Å²) in [4.78, 5) is 53.7. The highest BCUT2D eigenvalue weighted by atomic mass is 32.2. The Balaban J connectivity index is 0.669. The Labute approximate surface area is 412 Å². The number of likely N-dealkylation sites (tertiary alicyclic amines) is 1. The molecule has 17 heteroatoms. The molecule has 70 heavy (non-hydrogen) atoms. The van der Waals surface area contributed by atoms with E-state index in [0.29, 0.717) is 86.6 Å². The molecule has 4 fully saturated rings. The first kappa shape index (κ1) is 49.2. The Bertz CT molecular complexity index is 2580. The van der Waals surface area contributed by atoms with E-state index >= 15 is 0 Å². The van der Waals surface area contributed by atoms with Gasteiger partial charge >= 0.3 is 6.09 Å². The summed E-state index contributed by atoms with van der Waals surface area (Å²) in [6.45, 7) is 8.23. The molecule has 0 bridgehead atoms. The van der Waals surface area contributed by atoms with Crippen LogP contribution < -0.4 is 29.1 Å². The fourth-order valence-corrected chi connectivity index (χ4v) is 12.8. The summed E-state index contributed by atoms with van der Waals surface area (Å²) in [5, 5.41) is 2.89. The first-order valence-corrected chi connectivity index (χ1v) is 26.5. The zero-order chi connectivity index (χ0) is 48.8. The van der Waals surface area contributed by atoms with Gasteiger partial charge < -0.3 is 23.8 Å². The zero-order valence-electron chi connectivity index (χ0n) is 40.6. The van der Waals surface area contributed by atoms with Crippen LogP contribution in [0, 0.1) is 18.3 Å². The minimum Gasteiger partial charge on any atom is -0.495 e. The number of ether oxygens (including phenoxy) is 4. The van der Waals surface area contributed by atoms with Crippen LogP contribution in [-0.2, 0) is 24.3 Å². The average molecular weight is 978 g/mol. The molecule has 2 N–H and O–H groups in total. The molecule has 0 radical (unpaired) electrons. The largest absolute Gasteiger partial charge is 0.495 e. The molecule has 2 saturated carbocycles. The minimum atomic E-state index is -3.72. The lowest BCUT2D eigenvalue weighted by molar-refractivity contribution is -0.135. The van der Waals surface area contributed by atoms with Crippen LogP contribution in [0.15, 0.2) is 101 Å². The maximum Gasteiger partial charge on any atom is 0.412 e. The van der Waals surface area contributed by atoms with Crippen LogP contribution in [-0.4, -0.2) is 137 Å². The number of carbonyl (C=O) groups excluding carboxylic acids is 3. The number of anilines is 2. The molecule has 6 atom stereocenters. The van der Waals surface area contributed by atoms with Crippen LogP contribution in [0.3, 0.4) is 0 Å². The van der Waals surface area contributed by atoms with Crippen LogP contribution in [0.5, 0.6) is 17.2 Å². The van der Waals surface area contributed by atoms with E-state index in [-0.39, 0.29) is 34.8 Å². The molecule has 3 heterocycles. The number of sulfonamides is 1. The first-order chi connectivity index (χ1) is 34.0. The van der Waals surface area contributed by atoms with Gasteiger partial charge in [-0.2, -0.15) is 0 Å².